The molecule has 0 saturated heterocycles. The van der Waals surface area contributed by atoms with Gasteiger partial charge in [-0.05, 0) is 26.4 Å². The quantitative estimate of drug-likeness (QED) is 0.686. The molecule has 1 aromatic rings. The Morgan fingerprint density at radius 1 is 1.33 bits per heavy atom. The summed E-state index contributed by atoms with van der Waals surface area (Å²) in [6.07, 6.45) is 3.59. The molecule has 0 spiro atoms. The van der Waals surface area contributed by atoms with Crippen LogP contribution in [0.25, 0.3) is 0 Å². The maximum Gasteiger partial charge on any atom is 0.221 e. The molecule has 0 aliphatic heterocycles. The van der Waals surface area contributed by atoms with Crippen LogP contribution in [0.15, 0.2) is 6.20 Å². The van der Waals surface area contributed by atoms with Gasteiger partial charge in [0.25, 0.3) is 0 Å². The molecule has 0 saturated carbocycles. The van der Waals surface area contributed by atoms with Gasteiger partial charge in [0.05, 0.1) is 0 Å². The van der Waals surface area contributed by atoms with Crippen molar-refractivity contribution in [2.24, 2.45) is 0 Å². The molecule has 0 fully saturated rings. The van der Waals surface area contributed by atoms with Crippen LogP contribution in [-0.4, -0.2) is 23.6 Å². The molecule has 88 valence electrons. The molecular formula is C8H17Cl2N5. The molecule has 1 aromatic heterocycles. The fourth-order valence-corrected chi connectivity index (χ4v) is 1.08. The minimum atomic E-state index is 0. The first-order valence-corrected chi connectivity index (χ1v) is 4.25. The summed E-state index contributed by atoms with van der Waals surface area (Å²) in [4.78, 5) is 7.76. The first-order chi connectivity index (χ1) is 6.24. The number of aromatic nitrogens is 2. The number of nitrogen functional groups attached to an aromatic ring is 2. The van der Waals surface area contributed by atoms with E-state index in [2.05, 4.69) is 15.3 Å². The monoisotopic (exact) mass is 253 g/mol. The van der Waals surface area contributed by atoms with Gasteiger partial charge in [-0.2, -0.15) is 4.98 Å². The van der Waals surface area contributed by atoms with Crippen LogP contribution in [0.5, 0.6) is 0 Å². The Morgan fingerprint density at radius 2 is 2.00 bits per heavy atom. The maximum atomic E-state index is 5.65. The second kappa shape index (κ2) is 8.52. The smallest absolute Gasteiger partial charge is 0.221 e. The summed E-state index contributed by atoms with van der Waals surface area (Å²) < 4.78 is 0. The van der Waals surface area contributed by atoms with Gasteiger partial charge in [-0.15, -0.1) is 24.8 Å². The van der Waals surface area contributed by atoms with E-state index in [1.165, 1.54) is 0 Å². The summed E-state index contributed by atoms with van der Waals surface area (Å²) in [6.45, 7) is 0.962. The highest BCUT2D eigenvalue weighted by molar-refractivity contribution is 5.85. The fourth-order valence-electron chi connectivity index (χ4n) is 1.08. The van der Waals surface area contributed by atoms with Gasteiger partial charge >= 0.3 is 0 Å². The van der Waals surface area contributed by atoms with Crippen LogP contribution < -0.4 is 16.8 Å². The number of nitrogens with one attached hydrogen (secondary N) is 1. The lowest BCUT2D eigenvalue weighted by Crippen LogP contribution is -2.10. The third-order valence-electron chi connectivity index (χ3n) is 1.79. The number of halogens is 2. The van der Waals surface area contributed by atoms with Gasteiger partial charge in [0.1, 0.15) is 5.82 Å². The van der Waals surface area contributed by atoms with Crippen LogP contribution in [0.1, 0.15) is 12.0 Å². The van der Waals surface area contributed by atoms with Crippen LogP contribution in [0.2, 0.25) is 0 Å². The minimum absolute atomic E-state index is 0. The van der Waals surface area contributed by atoms with Gasteiger partial charge in [-0.1, -0.05) is 0 Å². The highest BCUT2D eigenvalue weighted by Gasteiger charge is 2.01. The Hall–Kier alpha value is -0.780. The Bertz CT molecular complexity index is 282. The molecule has 1 rings (SSSR count). The molecule has 7 heteroatoms. The van der Waals surface area contributed by atoms with E-state index in [0.29, 0.717) is 5.82 Å². The summed E-state index contributed by atoms with van der Waals surface area (Å²) in [7, 11) is 1.92. The first kappa shape index (κ1) is 16.6. The molecule has 0 atom stereocenters. The van der Waals surface area contributed by atoms with E-state index in [-0.39, 0.29) is 30.8 Å². The zero-order chi connectivity index (χ0) is 9.68. The molecule has 0 aromatic carbocycles. The van der Waals surface area contributed by atoms with Gasteiger partial charge in [0.2, 0.25) is 5.95 Å². The summed E-state index contributed by atoms with van der Waals surface area (Å²) in [6, 6.07) is 0. The predicted octanol–water partition coefficient (Wildman–Crippen LogP) is 0.637. The van der Waals surface area contributed by atoms with Gasteiger partial charge < -0.3 is 16.8 Å². The zero-order valence-electron chi connectivity index (χ0n) is 8.56. The molecule has 5 N–H and O–H groups in total. The lowest BCUT2D eigenvalue weighted by atomic mass is 10.2. The van der Waals surface area contributed by atoms with Gasteiger partial charge in [-0.25, -0.2) is 4.98 Å². The first-order valence-electron chi connectivity index (χ1n) is 4.25. The van der Waals surface area contributed by atoms with E-state index in [0.717, 1.165) is 24.9 Å². The van der Waals surface area contributed by atoms with Crippen molar-refractivity contribution in [2.75, 3.05) is 25.1 Å². The van der Waals surface area contributed by atoms with Gasteiger partial charge in [-0.3, -0.25) is 0 Å². The number of hydrogen-bond donors (Lipinski definition) is 3. The maximum absolute atomic E-state index is 5.65. The summed E-state index contributed by atoms with van der Waals surface area (Å²) in [5.41, 5.74) is 12.0. The van der Waals surface area contributed by atoms with Crippen molar-refractivity contribution >= 4 is 36.6 Å². The third-order valence-corrected chi connectivity index (χ3v) is 1.79. The van der Waals surface area contributed by atoms with Crippen molar-refractivity contribution in [3.8, 4) is 0 Å². The van der Waals surface area contributed by atoms with Crippen LogP contribution in [0, 0.1) is 0 Å². The molecule has 0 bridgehead atoms. The topological polar surface area (TPSA) is 89.8 Å². The zero-order valence-corrected chi connectivity index (χ0v) is 10.2. The Kier molecular flexibility index (Phi) is 9.46. The van der Waals surface area contributed by atoms with E-state index in [1.807, 2.05) is 7.05 Å². The van der Waals surface area contributed by atoms with Crippen molar-refractivity contribution in [2.45, 2.75) is 12.8 Å². The Morgan fingerprint density at radius 3 is 2.53 bits per heavy atom. The summed E-state index contributed by atoms with van der Waals surface area (Å²) >= 11 is 0. The average Bonchev–Trinajstić information content (AvgIpc) is 2.09. The lowest BCUT2D eigenvalue weighted by Gasteiger charge is -2.03. The number of rotatable bonds is 4. The van der Waals surface area contributed by atoms with Crippen molar-refractivity contribution in [3.63, 3.8) is 0 Å². The van der Waals surface area contributed by atoms with Crippen LogP contribution >= 0.6 is 24.8 Å². The van der Waals surface area contributed by atoms with E-state index in [9.17, 15) is 0 Å². The van der Waals surface area contributed by atoms with Gasteiger partial charge in [0.15, 0.2) is 0 Å². The molecule has 0 unspecified atom stereocenters. The Labute approximate surface area is 102 Å². The van der Waals surface area contributed by atoms with E-state index < -0.39 is 0 Å². The molecule has 0 radical (unpaired) electrons. The molecule has 0 aliphatic rings. The predicted molar refractivity (Wildman–Crippen MR) is 67.6 cm³/mol. The average molecular weight is 254 g/mol. The number of aryl methyl sites for hydroxylation is 1. The molecule has 0 aliphatic carbocycles. The number of nitrogens with zero attached hydrogens (tertiary/aromatic N) is 2. The van der Waals surface area contributed by atoms with E-state index >= 15 is 0 Å². The van der Waals surface area contributed by atoms with E-state index in [4.69, 9.17) is 11.5 Å². The van der Waals surface area contributed by atoms with Crippen molar-refractivity contribution < 1.29 is 0 Å². The molecule has 1 heterocycles. The third kappa shape index (κ3) is 5.61. The van der Waals surface area contributed by atoms with E-state index in [1.54, 1.807) is 6.20 Å². The van der Waals surface area contributed by atoms with Crippen LogP contribution in [0.4, 0.5) is 11.8 Å². The molecule has 5 nitrogen and oxygen atoms in total. The molecule has 15 heavy (non-hydrogen) atoms. The highest BCUT2D eigenvalue weighted by atomic mass is 35.5. The summed E-state index contributed by atoms with van der Waals surface area (Å²) in [5, 5.41) is 3.06. The van der Waals surface area contributed by atoms with Crippen molar-refractivity contribution in [3.05, 3.63) is 11.8 Å². The number of nitrogens with two attached hydrogens (primary N) is 2. The largest absolute Gasteiger partial charge is 0.383 e. The number of hydrogen-bond acceptors (Lipinski definition) is 5. The van der Waals surface area contributed by atoms with Crippen molar-refractivity contribution in [1.29, 1.82) is 0 Å². The normalized spacial score (nSPS) is 8.87. The highest BCUT2D eigenvalue weighted by Crippen LogP contribution is 2.09. The standard InChI is InChI=1S/C8H15N5.2ClH/c1-11-4-2-3-6-5-12-8(10)13-7(6)9;;/h5,11H,2-4H2,1H3,(H4,9,10,12,13);2*1H. The number of anilines is 2. The minimum Gasteiger partial charge on any atom is -0.383 e. The molecule has 0 amide bonds. The second-order valence-corrected chi connectivity index (χ2v) is 2.85. The van der Waals surface area contributed by atoms with Gasteiger partial charge in [0, 0.05) is 11.8 Å². The fraction of sp³-hybridized carbons (Fsp3) is 0.500. The van der Waals surface area contributed by atoms with Crippen LogP contribution in [-0.2, 0) is 6.42 Å². The second-order valence-electron chi connectivity index (χ2n) is 2.85. The lowest BCUT2D eigenvalue weighted by molar-refractivity contribution is 0.723. The van der Waals surface area contributed by atoms with Crippen LogP contribution in [0.3, 0.4) is 0 Å². The summed E-state index contributed by atoms with van der Waals surface area (Å²) in [5.74, 6) is 0.721. The van der Waals surface area contributed by atoms with Crippen molar-refractivity contribution in [1.82, 2.24) is 15.3 Å². The molecular weight excluding hydrogens is 237 g/mol. The SMILES string of the molecule is CNCCCc1cnc(N)nc1N.Cl.Cl. The Balaban J connectivity index is 0.